The van der Waals surface area contributed by atoms with E-state index >= 15 is 0 Å². The number of pyridine rings is 2. The molecule has 0 atom stereocenters. The summed E-state index contributed by atoms with van der Waals surface area (Å²) in [5.41, 5.74) is 2.39. The van der Waals surface area contributed by atoms with Gasteiger partial charge >= 0.3 is 0 Å². The lowest BCUT2D eigenvalue weighted by Gasteiger charge is -2.05. The molecule has 0 aliphatic rings. The van der Waals surface area contributed by atoms with Crippen LogP contribution in [0.25, 0.3) is 0 Å². The van der Waals surface area contributed by atoms with Gasteiger partial charge in [-0.25, -0.2) is 4.98 Å². The Balaban J connectivity index is 0.000000861. The molecule has 0 fully saturated rings. The third kappa shape index (κ3) is 6.00. The van der Waals surface area contributed by atoms with Crippen molar-refractivity contribution in [3.63, 3.8) is 0 Å². The van der Waals surface area contributed by atoms with Crippen LogP contribution >= 0.6 is 0 Å². The minimum absolute atomic E-state index is 0.685. The number of nitrogens with zero attached hydrogens (tertiary/aromatic N) is 2. The van der Waals surface area contributed by atoms with Crippen LogP contribution in [0.1, 0.15) is 31.4 Å². The standard InChI is InChI=1S/C14H16N2O.C2H6/c1-12-6-7-14(16-10-12)17-9-3-5-13-4-2-8-15-11-13;1-2/h2,4,6-8,10-11H,3,5,9H2,1H3;1-2H3. The second-order valence-electron chi connectivity index (χ2n) is 3.99. The van der Waals surface area contributed by atoms with Gasteiger partial charge in [-0.15, -0.1) is 0 Å². The molecule has 3 heteroatoms. The van der Waals surface area contributed by atoms with Crippen molar-refractivity contribution in [3.8, 4) is 5.88 Å². The summed E-state index contributed by atoms with van der Waals surface area (Å²) in [5, 5.41) is 0. The second kappa shape index (κ2) is 9.09. The Labute approximate surface area is 115 Å². The number of rotatable bonds is 5. The van der Waals surface area contributed by atoms with E-state index in [9.17, 15) is 0 Å². The fraction of sp³-hybridized carbons (Fsp3) is 0.375. The Morgan fingerprint density at radius 1 is 1.11 bits per heavy atom. The van der Waals surface area contributed by atoms with E-state index in [2.05, 4.69) is 16.0 Å². The normalized spacial score (nSPS) is 9.42. The number of aromatic nitrogens is 2. The van der Waals surface area contributed by atoms with E-state index in [4.69, 9.17) is 4.74 Å². The zero-order valence-corrected chi connectivity index (χ0v) is 12.0. The SMILES string of the molecule is CC.Cc1ccc(OCCCc2cccnc2)nc1. The molecule has 0 amide bonds. The van der Waals surface area contributed by atoms with E-state index in [-0.39, 0.29) is 0 Å². The first-order valence-electron chi connectivity index (χ1n) is 6.79. The molecule has 2 aromatic heterocycles. The van der Waals surface area contributed by atoms with E-state index in [0.717, 1.165) is 18.4 Å². The number of aryl methyl sites for hydroxylation is 2. The summed E-state index contributed by atoms with van der Waals surface area (Å²) in [6.45, 7) is 6.70. The molecule has 19 heavy (non-hydrogen) atoms. The first kappa shape index (κ1) is 15.2. The zero-order valence-electron chi connectivity index (χ0n) is 12.0. The summed E-state index contributed by atoms with van der Waals surface area (Å²) in [7, 11) is 0. The first-order valence-corrected chi connectivity index (χ1v) is 6.79. The Morgan fingerprint density at radius 2 is 1.95 bits per heavy atom. The predicted molar refractivity (Wildman–Crippen MR) is 78.4 cm³/mol. The predicted octanol–water partition coefficient (Wildman–Crippen LogP) is 3.82. The maximum atomic E-state index is 5.55. The van der Waals surface area contributed by atoms with E-state index in [0.29, 0.717) is 12.5 Å². The van der Waals surface area contributed by atoms with Crippen molar-refractivity contribution >= 4 is 0 Å². The van der Waals surface area contributed by atoms with Crippen LogP contribution in [0, 0.1) is 6.92 Å². The summed E-state index contributed by atoms with van der Waals surface area (Å²) in [6.07, 6.45) is 7.46. The molecule has 0 saturated heterocycles. The molecule has 2 rings (SSSR count). The van der Waals surface area contributed by atoms with Crippen LogP contribution in [0.2, 0.25) is 0 Å². The summed E-state index contributed by atoms with van der Waals surface area (Å²) in [6, 6.07) is 7.94. The fourth-order valence-electron chi connectivity index (χ4n) is 1.54. The lowest BCUT2D eigenvalue weighted by Crippen LogP contribution is -2.00. The molecule has 2 aromatic rings. The van der Waals surface area contributed by atoms with E-state index < -0.39 is 0 Å². The minimum Gasteiger partial charge on any atom is -0.478 e. The van der Waals surface area contributed by atoms with Gasteiger partial charge in [0, 0.05) is 24.7 Å². The van der Waals surface area contributed by atoms with E-state index in [1.807, 2.05) is 51.4 Å². The second-order valence-corrected chi connectivity index (χ2v) is 3.99. The molecule has 102 valence electrons. The molecule has 0 saturated carbocycles. The van der Waals surface area contributed by atoms with Gasteiger partial charge < -0.3 is 4.74 Å². The van der Waals surface area contributed by atoms with E-state index in [1.54, 1.807) is 6.20 Å². The van der Waals surface area contributed by atoms with E-state index in [1.165, 1.54) is 5.56 Å². The van der Waals surface area contributed by atoms with Crippen LogP contribution < -0.4 is 4.74 Å². The molecule has 0 spiro atoms. The quantitative estimate of drug-likeness (QED) is 0.765. The number of hydrogen-bond acceptors (Lipinski definition) is 3. The Bertz CT molecular complexity index is 440. The third-order valence-corrected chi connectivity index (χ3v) is 2.47. The maximum Gasteiger partial charge on any atom is 0.213 e. The Morgan fingerprint density at radius 3 is 2.58 bits per heavy atom. The van der Waals surface area contributed by atoms with Crippen LogP contribution in [0.5, 0.6) is 5.88 Å². The molecule has 0 bridgehead atoms. The van der Waals surface area contributed by atoms with Crippen LogP contribution in [-0.4, -0.2) is 16.6 Å². The molecule has 0 radical (unpaired) electrons. The smallest absolute Gasteiger partial charge is 0.213 e. The highest BCUT2D eigenvalue weighted by Gasteiger charge is 1.96. The average molecular weight is 258 g/mol. The topological polar surface area (TPSA) is 35.0 Å². The summed E-state index contributed by atoms with van der Waals surface area (Å²) in [4.78, 5) is 8.27. The minimum atomic E-state index is 0.685. The van der Waals surface area contributed by atoms with Gasteiger partial charge in [-0.3, -0.25) is 4.98 Å². The fourth-order valence-corrected chi connectivity index (χ4v) is 1.54. The van der Waals surface area contributed by atoms with Gasteiger partial charge in [-0.2, -0.15) is 0 Å². The van der Waals surface area contributed by atoms with Gasteiger partial charge in [0.15, 0.2) is 0 Å². The molecule has 0 aromatic carbocycles. The molecular formula is C16H22N2O. The molecule has 0 unspecified atom stereocenters. The molecule has 0 aliphatic carbocycles. The van der Waals surface area contributed by atoms with Crippen LogP contribution in [0.4, 0.5) is 0 Å². The molecular weight excluding hydrogens is 236 g/mol. The lowest BCUT2D eigenvalue weighted by atomic mass is 10.2. The first-order chi connectivity index (χ1) is 9.34. The van der Waals surface area contributed by atoms with Crippen molar-refractivity contribution in [1.82, 2.24) is 9.97 Å². The zero-order chi connectivity index (χ0) is 13.9. The Hall–Kier alpha value is -1.90. The van der Waals surface area contributed by atoms with Crippen molar-refractivity contribution in [2.24, 2.45) is 0 Å². The van der Waals surface area contributed by atoms with Crippen molar-refractivity contribution in [2.45, 2.75) is 33.6 Å². The van der Waals surface area contributed by atoms with Crippen molar-refractivity contribution < 1.29 is 4.74 Å². The number of ether oxygens (including phenoxy) is 1. The average Bonchev–Trinajstić information content (AvgIpc) is 2.49. The molecule has 0 N–H and O–H groups in total. The van der Waals surface area contributed by atoms with Gasteiger partial charge in [-0.05, 0) is 37.0 Å². The molecule has 0 aliphatic heterocycles. The van der Waals surface area contributed by atoms with Gasteiger partial charge in [0.25, 0.3) is 0 Å². The van der Waals surface area contributed by atoms with Gasteiger partial charge in [0.05, 0.1) is 6.61 Å². The summed E-state index contributed by atoms with van der Waals surface area (Å²) < 4.78 is 5.55. The van der Waals surface area contributed by atoms with Crippen molar-refractivity contribution in [3.05, 3.63) is 54.0 Å². The van der Waals surface area contributed by atoms with Crippen LogP contribution in [0.15, 0.2) is 42.9 Å². The van der Waals surface area contributed by atoms with Gasteiger partial charge in [-0.1, -0.05) is 26.0 Å². The third-order valence-electron chi connectivity index (χ3n) is 2.47. The highest BCUT2D eigenvalue weighted by atomic mass is 16.5. The summed E-state index contributed by atoms with van der Waals surface area (Å²) in [5.74, 6) is 0.696. The van der Waals surface area contributed by atoms with Crippen LogP contribution in [-0.2, 0) is 6.42 Å². The van der Waals surface area contributed by atoms with Crippen LogP contribution in [0.3, 0.4) is 0 Å². The summed E-state index contributed by atoms with van der Waals surface area (Å²) >= 11 is 0. The monoisotopic (exact) mass is 258 g/mol. The lowest BCUT2D eigenvalue weighted by molar-refractivity contribution is 0.299. The van der Waals surface area contributed by atoms with Gasteiger partial charge in [0.2, 0.25) is 5.88 Å². The Kier molecular flexibility index (Phi) is 7.25. The van der Waals surface area contributed by atoms with Gasteiger partial charge in [0.1, 0.15) is 0 Å². The highest BCUT2D eigenvalue weighted by molar-refractivity contribution is 5.16. The molecule has 2 heterocycles. The van der Waals surface area contributed by atoms with Crippen molar-refractivity contribution in [1.29, 1.82) is 0 Å². The van der Waals surface area contributed by atoms with Crippen molar-refractivity contribution in [2.75, 3.05) is 6.61 Å². The largest absolute Gasteiger partial charge is 0.478 e. The maximum absolute atomic E-state index is 5.55. The highest BCUT2D eigenvalue weighted by Crippen LogP contribution is 2.07. The molecule has 3 nitrogen and oxygen atoms in total. The number of hydrogen-bond donors (Lipinski definition) is 0.